The van der Waals surface area contributed by atoms with Crippen molar-refractivity contribution in [1.82, 2.24) is 9.80 Å². The summed E-state index contributed by atoms with van der Waals surface area (Å²) in [4.78, 5) is 4.87. The maximum atomic E-state index is 9.99. The van der Waals surface area contributed by atoms with Crippen LogP contribution in [0.4, 0.5) is 0 Å². The van der Waals surface area contributed by atoms with Crippen molar-refractivity contribution < 1.29 is 9.84 Å². The molecule has 1 aliphatic rings. The number of benzene rings is 2. The number of phenolic OH excluding ortho intramolecular Hbond substituents is 1. The Morgan fingerprint density at radius 3 is 2.21 bits per heavy atom. The van der Waals surface area contributed by atoms with Gasteiger partial charge in [0.25, 0.3) is 0 Å². The normalized spacial score (nSPS) is 16.2. The van der Waals surface area contributed by atoms with E-state index in [9.17, 15) is 5.11 Å². The van der Waals surface area contributed by atoms with Crippen LogP contribution in [0.2, 0.25) is 0 Å². The van der Waals surface area contributed by atoms with Crippen molar-refractivity contribution in [3.05, 3.63) is 58.1 Å². The van der Waals surface area contributed by atoms with Gasteiger partial charge in [-0.3, -0.25) is 9.80 Å². The van der Waals surface area contributed by atoms with Gasteiger partial charge in [-0.2, -0.15) is 0 Å². The average Bonchev–Trinajstić information content (AvgIpc) is 2.60. The number of nitrogens with zero attached hydrogens (tertiary/aromatic N) is 2. The molecule has 4 nitrogen and oxygen atoms in total. The van der Waals surface area contributed by atoms with Gasteiger partial charge in [0.15, 0.2) is 0 Å². The molecule has 24 heavy (non-hydrogen) atoms. The molecule has 0 bridgehead atoms. The summed E-state index contributed by atoms with van der Waals surface area (Å²) >= 11 is 3.47. The van der Waals surface area contributed by atoms with Crippen LogP contribution in [0.5, 0.6) is 11.5 Å². The molecule has 2 aromatic rings. The second-order valence-corrected chi connectivity index (χ2v) is 7.09. The average molecular weight is 391 g/mol. The topological polar surface area (TPSA) is 35.9 Å². The lowest BCUT2D eigenvalue weighted by Crippen LogP contribution is -2.45. The van der Waals surface area contributed by atoms with Crippen LogP contribution in [0.15, 0.2) is 46.9 Å². The number of rotatable bonds is 5. The number of hydrogen-bond donors (Lipinski definition) is 1. The third kappa shape index (κ3) is 4.50. The van der Waals surface area contributed by atoms with E-state index in [1.54, 1.807) is 13.2 Å². The predicted octanol–water partition coefficient (Wildman–Crippen LogP) is 3.48. The molecule has 1 aliphatic heterocycles. The summed E-state index contributed by atoms with van der Waals surface area (Å²) in [5.41, 5.74) is 2.29. The van der Waals surface area contributed by atoms with Crippen molar-refractivity contribution >= 4 is 15.9 Å². The molecule has 0 spiro atoms. The van der Waals surface area contributed by atoms with E-state index in [4.69, 9.17) is 4.74 Å². The minimum absolute atomic E-state index is 0.374. The summed E-state index contributed by atoms with van der Waals surface area (Å²) in [6.07, 6.45) is 0. The minimum Gasteiger partial charge on any atom is -0.508 e. The van der Waals surface area contributed by atoms with Gasteiger partial charge in [0.05, 0.1) is 7.11 Å². The smallest absolute Gasteiger partial charge is 0.120 e. The Balaban J connectivity index is 1.51. The van der Waals surface area contributed by atoms with Crippen molar-refractivity contribution in [3.8, 4) is 11.5 Å². The van der Waals surface area contributed by atoms with E-state index in [2.05, 4.69) is 37.9 Å². The zero-order valence-corrected chi connectivity index (χ0v) is 15.5. The number of phenols is 1. The molecule has 1 heterocycles. The van der Waals surface area contributed by atoms with Crippen molar-refractivity contribution in [3.63, 3.8) is 0 Å². The zero-order chi connectivity index (χ0) is 16.9. The quantitative estimate of drug-likeness (QED) is 0.847. The Kier molecular flexibility index (Phi) is 5.76. The summed E-state index contributed by atoms with van der Waals surface area (Å²) in [6.45, 7) is 5.88. The number of ether oxygens (including phenoxy) is 1. The number of halogens is 1. The number of piperazine rings is 1. The highest BCUT2D eigenvalue weighted by molar-refractivity contribution is 9.10. The van der Waals surface area contributed by atoms with E-state index in [1.165, 1.54) is 5.56 Å². The molecule has 0 radical (unpaired) electrons. The standard InChI is InChI=1S/C19H23BrN2O2/c1-24-18-5-2-15(3-6-18)13-21-8-10-22(11-9-21)14-16-12-17(20)4-7-19(16)23/h2-7,12,23H,8-11,13-14H2,1H3. The summed E-state index contributed by atoms with van der Waals surface area (Å²) in [5, 5.41) is 9.99. The van der Waals surface area contributed by atoms with Gasteiger partial charge in [-0.15, -0.1) is 0 Å². The van der Waals surface area contributed by atoms with Crippen LogP contribution in [-0.2, 0) is 13.1 Å². The zero-order valence-electron chi connectivity index (χ0n) is 13.9. The molecule has 2 aromatic carbocycles. The lowest BCUT2D eigenvalue weighted by Gasteiger charge is -2.34. The number of methoxy groups -OCH3 is 1. The van der Waals surface area contributed by atoms with E-state index in [1.807, 2.05) is 24.3 Å². The molecule has 128 valence electrons. The van der Waals surface area contributed by atoms with E-state index in [0.717, 1.165) is 55.1 Å². The maximum absolute atomic E-state index is 9.99. The first kappa shape index (κ1) is 17.3. The molecule has 0 unspecified atom stereocenters. The van der Waals surface area contributed by atoms with Gasteiger partial charge in [0.1, 0.15) is 11.5 Å². The molecular formula is C19H23BrN2O2. The second-order valence-electron chi connectivity index (χ2n) is 6.17. The Morgan fingerprint density at radius 1 is 0.958 bits per heavy atom. The fourth-order valence-electron chi connectivity index (χ4n) is 3.02. The maximum Gasteiger partial charge on any atom is 0.120 e. The summed E-state index contributed by atoms with van der Waals surface area (Å²) in [7, 11) is 1.69. The SMILES string of the molecule is COc1ccc(CN2CCN(Cc3cc(Br)ccc3O)CC2)cc1. The van der Waals surface area contributed by atoms with Gasteiger partial charge in [0.2, 0.25) is 0 Å². The highest BCUT2D eigenvalue weighted by Crippen LogP contribution is 2.24. The molecule has 1 saturated heterocycles. The molecule has 0 aromatic heterocycles. The molecule has 3 rings (SSSR count). The molecule has 1 N–H and O–H groups in total. The lowest BCUT2D eigenvalue weighted by atomic mass is 10.1. The third-order valence-electron chi connectivity index (χ3n) is 4.47. The largest absolute Gasteiger partial charge is 0.508 e. The summed E-state index contributed by atoms with van der Waals surface area (Å²) < 4.78 is 6.21. The number of aromatic hydroxyl groups is 1. The van der Waals surface area contributed by atoms with Crippen LogP contribution in [0.1, 0.15) is 11.1 Å². The Labute approximate surface area is 151 Å². The lowest BCUT2D eigenvalue weighted by molar-refractivity contribution is 0.121. The van der Waals surface area contributed by atoms with E-state index in [0.29, 0.717) is 5.75 Å². The molecule has 0 aliphatic carbocycles. The fourth-order valence-corrected chi connectivity index (χ4v) is 3.42. The van der Waals surface area contributed by atoms with Crippen LogP contribution in [-0.4, -0.2) is 48.2 Å². The Bertz CT molecular complexity index is 668. The van der Waals surface area contributed by atoms with E-state index < -0.39 is 0 Å². The summed E-state index contributed by atoms with van der Waals surface area (Å²) in [6, 6.07) is 13.9. The third-order valence-corrected chi connectivity index (χ3v) is 4.96. The van der Waals surface area contributed by atoms with E-state index >= 15 is 0 Å². The van der Waals surface area contributed by atoms with Crippen LogP contribution in [0.25, 0.3) is 0 Å². The molecule has 0 atom stereocenters. The second kappa shape index (κ2) is 8.01. The minimum atomic E-state index is 0.374. The first-order valence-corrected chi connectivity index (χ1v) is 8.98. The molecule has 1 fully saturated rings. The predicted molar refractivity (Wildman–Crippen MR) is 99.4 cm³/mol. The Morgan fingerprint density at radius 2 is 1.58 bits per heavy atom. The molecule has 0 amide bonds. The highest BCUT2D eigenvalue weighted by Gasteiger charge is 2.18. The van der Waals surface area contributed by atoms with Crippen LogP contribution in [0.3, 0.4) is 0 Å². The van der Waals surface area contributed by atoms with Crippen molar-refractivity contribution in [1.29, 1.82) is 0 Å². The van der Waals surface area contributed by atoms with E-state index in [-0.39, 0.29) is 0 Å². The van der Waals surface area contributed by atoms with Gasteiger partial charge in [0, 0.05) is 49.3 Å². The molecule has 5 heteroatoms. The summed E-state index contributed by atoms with van der Waals surface area (Å²) in [5.74, 6) is 1.27. The van der Waals surface area contributed by atoms with Crippen LogP contribution < -0.4 is 4.74 Å². The van der Waals surface area contributed by atoms with Crippen molar-refractivity contribution in [2.45, 2.75) is 13.1 Å². The monoisotopic (exact) mass is 390 g/mol. The molecular weight excluding hydrogens is 368 g/mol. The first-order valence-electron chi connectivity index (χ1n) is 8.19. The van der Waals surface area contributed by atoms with Crippen molar-refractivity contribution in [2.75, 3.05) is 33.3 Å². The fraction of sp³-hybridized carbons (Fsp3) is 0.368. The number of hydrogen-bond acceptors (Lipinski definition) is 4. The highest BCUT2D eigenvalue weighted by atomic mass is 79.9. The molecule has 0 saturated carbocycles. The van der Waals surface area contributed by atoms with Gasteiger partial charge >= 0.3 is 0 Å². The van der Waals surface area contributed by atoms with Gasteiger partial charge < -0.3 is 9.84 Å². The van der Waals surface area contributed by atoms with Crippen molar-refractivity contribution in [2.24, 2.45) is 0 Å². The first-order chi connectivity index (χ1) is 11.6. The van der Waals surface area contributed by atoms with Gasteiger partial charge in [-0.25, -0.2) is 0 Å². The van der Waals surface area contributed by atoms with Crippen LogP contribution in [0, 0.1) is 0 Å². The van der Waals surface area contributed by atoms with Gasteiger partial charge in [-0.05, 0) is 35.9 Å². The van der Waals surface area contributed by atoms with Crippen LogP contribution >= 0.6 is 15.9 Å². The Hall–Kier alpha value is -1.56. The van der Waals surface area contributed by atoms with Gasteiger partial charge in [-0.1, -0.05) is 28.1 Å².